The molecule has 6 nitrogen and oxygen atoms in total. The second-order valence-electron chi connectivity index (χ2n) is 6.90. The lowest BCUT2D eigenvalue weighted by Crippen LogP contribution is -2.52. The van der Waals surface area contributed by atoms with E-state index in [4.69, 9.17) is 11.6 Å². The molecular weight excluding hydrogens is 376 g/mol. The SMILES string of the molecule is O=C(CS(=O)(=O)c1ccc(Cl)cc1)N1CCN(C(=O)C2CCCC2)CC1. The second kappa shape index (κ2) is 7.96. The quantitative estimate of drug-likeness (QED) is 0.777. The molecule has 0 bridgehead atoms. The maximum Gasteiger partial charge on any atom is 0.238 e. The highest BCUT2D eigenvalue weighted by Crippen LogP contribution is 2.27. The van der Waals surface area contributed by atoms with Gasteiger partial charge in [0.05, 0.1) is 4.90 Å². The third kappa shape index (κ3) is 4.38. The van der Waals surface area contributed by atoms with Crippen LogP contribution in [0.2, 0.25) is 5.02 Å². The molecule has 142 valence electrons. The largest absolute Gasteiger partial charge is 0.339 e. The number of nitrogens with zero attached hydrogens (tertiary/aromatic N) is 2. The molecule has 1 saturated carbocycles. The van der Waals surface area contributed by atoms with Crippen LogP contribution >= 0.6 is 11.6 Å². The molecule has 1 saturated heterocycles. The van der Waals surface area contributed by atoms with Gasteiger partial charge in [0.25, 0.3) is 0 Å². The molecule has 0 spiro atoms. The number of hydrogen-bond donors (Lipinski definition) is 0. The lowest BCUT2D eigenvalue weighted by molar-refractivity contribution is -0.141. The van der Waals surface area contributed by atoms with Crippen molar-refractivity contribution in [2.24, 2.45) is 5.92 Å². The van der Waals surface area contributed by atoms with Crippen molar-refractivity contribution >= 4 is 33.3 Å². The van der Waals surface area contributed by atoms with E-state index in [-0.39, 0.29) is 16.7 Å². The molecule has 1 aliphatic carbocycles. The molecule has 1 aliphatic heterocycles. The highest BCUT2D eigenvalue weighted by Gasteiger charge is 2.31. The van der Waals surface area contributed by atoms with Gasteiger partial charge in [-0.15, -0.1) is 0 Å². The first-order valence-corrected chi connectivity index (χ1v) is 10.9. The summed E-state index contributed by atoms with van der Waals surface area (Å²) >= 11 is 5.77. The first-order chi connectivity index (χ1) is 12.4. The fraction of sp³-hybridized carbons (Fsp3) is 0.556. The number of halogens is 1. The molecular formula is C18H23ClN2O4S. The summed E-state index contributed by atoms with van der Waals surface area (Å²) in [6.07, 6.45) is 4.13. The fourth-order valence-electron chi connectivity index (χ4n) is 3.59. The van der Waals surface area contributed by atoms with Gasteiger partial charge in [-0.3, -0.25) is 9.59 Å². The summed E-state index contributed by atoms with van der Waals surface area (Å²) in [7, 11) is -3.70. The Hall–Kier alpha value is -1.60. The minimum absolute atomic E-state index is 0.0882. The van der Waals surface area contributed by atoms with Crippen LogP contribution in [-0.4, -0.2) is 62.0 Å². The lowest BCUT2D eigenvalue weighted by Gasteiger charge is -2.36. The topological polar surface area (TPSA) is 74.8 Å². The molecule has 0 atom stereocenters. The number of amides is 2. The van der Waals surface area contributed by atoms with Gasteiger partial charge in [0.1, 0.15) is 5.75 Å². The van der Waals surface area contributed by atoms with Crippen LogP contribution < -0.4 is 0 Å². The summed E-state index contributed by atoms with van der Waals surface area (Å²) in [4.78, 5) is 28.3. The molecule has 8 heteroatoms. The number of carbonyl (C=O) groups excluding carboxylic acids is 2. The maximum atomic E-state index is 12.4. The van der Waals surface area contributed by atoms with Gasteiger partial charge in [-0.1, -0.05) is 24.4 Å². The molecule has 2 fully saturated rings. The van der Waals surface area contributed by atoms with Crippen molar-refractivity contribution in [1.82, 2.24) is 9.80 Å². The number of piperazine rings is 1. The van der Waals surface area contributed by atoms with Crippen LogP contribution in [0.1, 0.15) is 25.7 Å². The lowest BCUT2D eigenvalue weighted by atomic mass is 10.1. The van der Waals surface area contributed by atoms with Gasteiger partial charge in [0.2, 0.25) is 11.8 Å². The van der Waals surface area contributed by atoms with Crippen molar-refractivity contribution in [3.05, 3.63) is 29.3 Å². The maximum absolute atomic E-state index is 12.4. The summed E-state index contributed by atoms with van der Waals surface area (Å²) < 4.78 is 24.8. The predicted octanol–water partition coefficient (Wildman–Crippen LogP) is 1.97. The molecule has 2 amide bonds. The van der Waals surface area contributed by atoms with Crippen molar-refractivity contribution in [1.29, 1.82) is 0 Å². The van der Waals surface area contributed by atoms with Gasteiger partial charge in [-0.05, 0) is 37.1 Å². The normalized spacial score (nSPS) is 19.0. The molecule has 3 rings (SSSR count). The molecule has 0 N–H and O–H groups in total. The van der Waals surface area contributed by atoms with Gasteiger partial charge < -0.3 is 9.80 Å². The summed E-state index contributed by atoms with van der Waals surface area (Å²) in [5.41, 5.74) is 0. The Morgan fingerprint density at radius 1 is 0.962 bits per heavy atom. The number of rotatable bonds is 4. The number of sulfone groups is 1. The van der Waals surface area contributed by atoms with Crippen molar-refractivity contribution in [3.8, 4) is 0 Å². The van der Waals surface area contributed by atoms with Crippen molar-refractivity contribution in [2.75, 3.05) is 31.9 Å². The van der Waals surface area contributed by atoms with Gasteiger partial charge in [-0.25, -0.2) is 8.42 Å². The third-order valence-electron chi connectivity index (χ3n) is 5.13. The van der Waals surface area contributed by atoms with Gasteiger partial charge in [-0.2, -0.15) is 0 Å². The van der Waals surface area contributed by atoms with Gasteiger partial charge >= 0.3 is 0 Å². The van der Waals surface area contributed by atoms with E-state index in [1.807, 2.05) is 4.90 Å². The van der Waals surface area contributed by atoms with E-state index >= 15 is 0 Å². The highest BCUT2D eigenvalue weighted by molar-refractivity contribution is 7.92. The molecule has 1 aromatic rings. The summed E-state index contributed by atoms with van der Waals surface area (Å²) in [5, 5.41) is 0.443. The molecule has 0 radical (unpaired) electrons. The molecule has 0 aromatic heterocycles. The van der Waals surface area contributed by atoms with E-state index in [0.29, 0.717) is 31.2 Å². The second-order valence-corrected chi connectivity index (χ2v) is 9.33. The zero-order valence-electron chi connectivity index (χ0n) is 14.6. The first-order valence-electron chi connectivity index (χ1n) is 8.92. The van der Waals surface area contributed by atoms with Gasteiger partial charge in [0, 0.05) is 37.1 Å². The Kier molecular flexibility index (Phi) is 5.87. The minimum Gasteiger partial charge on any atom is -0.339 e. The standard InChI is InChI=1S/C18H23ClN2O4S/c19-15-5-7-16(8-6-15)26(24,25)13-17(22)20-9-11-21(12-10-20)18(23)14-3-1-2-4-14/h5-8,14H,1-4,9-13H2. The van der Waals surface area contributed by atoms with Crippen LogP contribution in [0.5, 0.6) is 0 Å². The zero-order valence-corrected chi connectivity index (χ0v) is 16.1. The van der Waals surface area contributed by atoms with Crippen LogP contribution in [0.25, 0.3) is 0 Å². The summed E-state index contributed by atoms with van der Waals surface area (Å²) in [6.45, 7) is 1.71. The van der Waals surface area contributed by atoms with E-state index in [9.17, 15) is 18.0 Å². The molecule has 26 heavy (non-hydrogen) atoms. The molecule has 2 aliphatic rings. The monoisotopic (exact) mass is 398 g/mol. The van der Waals surface area contributed by atoms with Crippen LogP contribution in [-0.2, 0) is 19.4 Å². The average molecular weight is 399 g/mol. The average Bonchev–Trinajstić information content (AvgIpc) is 3.16. The van der Waals surface area contributed by atoms with E-state index < -0.39 is 21.5 Å². The van der Waals surface area contributed by atoms with Crippen LogP contribution in [0.15, 0.2) is 29.2 Å². The van der Waals surface area contributed by atoms with Crippen LogP contribution in [0.3, 0.4) is 0 Å². The van der Waals surface area contributed by atoms with Crippen LogP contribution in [0.4, 0.5) is 0 Å². The van der Waals surface area contributed by atoms with E-state index in [0.717, 1.165) is 25.7 Å². The third-order valence-corrected chi connectivity index (χ3v) is 7.00. The Morgan fingerprint density at radius 3 is 2.08 bits per heavy atom. The minimum atomic E-state index is -3.70. The number of hydrogen-bond acceptors (Lipinski definition) is 4. The predicted molar refractivity (Wildman–Crippen MR) is 98.6 cm³/mol. The van der Waals surface area contributed by atoms with Crippen molar-refractivity contribution < 1.29 is 18.0 Å². The highest BCUT2D eigenvalue weighted by atomic mass is 35.5. The summed E-state index contributed by atoms with van der Waals surface area (Å²) in [6, 6.07) is 5.80. The fourth-order valence-corrected chi connectivity index (χ4v) is 4.94. The molecule has 1 aromatic carbocycles. The van der Waals surface area contributed by atoms with Crippen molar-refractivity contribution in [3.63, 3.8) is 0 Å². The molecule has 0 unspecified atom stereocenters. The Labute approximate surface area is 159 Å². The smallest absolute Gasteiger partial charge is 0.238 e. The number of benzene rings is 1. The Bertz CT molecular complexity index is 765. The number of carbonyl (C=O) groups is 2. The Balaban J connectivity index is 1.55. The van der Waals surface area contributed by atoms with E-state index in [1.54, 1.807) is 0 Å². The summed E-state index contributed by atoms with van der Waals surface area (Å²) in [5.74, 6) is -0.676. The zero-order chi connectivity index (χ0) is 18.7. The first kappa shape index (κ1) is 19.2. The van der Waals surface area contributed by atoms with E-state index in [1.165, 1.54) is 29.2 Å². The van der Waals surface area contributed by atoms with E-state index in [2.05, 4.69) is 0 Å². The van der Waals surface area contributed by atoms with Crippen LogP contribution in [0, 0.1) is 5.92 Å². The van der Waals surface area contributed by atoms with Gasteiger partial charge in [0.15, 0.2) is 9.84 Å². The van der Waals surface area contributed by atoms with Crippen molar-refractivity contribution in [2.45, 2.75) is 30.6 Å². The Morgan fingerprint density at radius 2 is 1.50 bits per heavy atom. The molecule has 1 heterocycles.